The Bertz CT molecular complexity index is 796. The van der Waals surface area contributed by atoms with Crippen LogP contribution in [0.3, 0.4) is 0 Å². The van der Waals surface area contributed by atoms with Gasteiger partial charge in [0.2, 0.25) is 5.91 Å². The van der Waals surface area contributed by atoms with Gasteiger partial charge in [-0.3, -0.25) is 9.59 Å². The van der Waals surface area contributed by atoms with E-state index in [9.17, 15) is 14.4 Å². The number of ether oxygens (including phenoxy) is 1. The van der Waals surface area contributed by atoms with Gasteiger partial charge in [-0.05, 0) is 58.2 Å². The van der Waals surface area contributed by atoms with Crippen LogP contribution in [-0.4, -0.2) is 78.9 Å². The van der Waals surface area contributed by atoms with E-state index < -0.39 is 5.97 Å². The van der Waals surface area contributed by atoms with Crippen molar-refractivity contribution in [1.29, 1.82) is 0 Å². The van der Waals surface area contributed by atoms with Gasteiger partial charge in [0.25, 0.3) is 5.91 Å². The van der Waals surface area contributed by atoms with Gasteiger partial charge >= 0.3 is 5.97 Å². The van der Waals surface area contributed by atoms with Crippen molar-refractivity contribution < 1.29 is 19.1 Å². The number of piperidine rings is 1. The molecule has 0 saturated carbocycles. The first kappa shape index (κ1) is 23.3. The number of nitrogens with zero attached hydrogens (tertiary/aromatic N) is 2. The summed E-state index contributed by atoms with van der Waals surface area (Å²) < 4.78 is 4.83. The number of hydrogen-bond donors (Lipinski definition) is 2. The van der Waals surface area contributed by atoms with Gasteiger partial charge in [0.15, 0.2) is 0 Å². The van der Waals surface area contributed by atoms with Crippen molar-refractivity contribution in [3.8, 4) is 0 Å². The highest BCUT2D eigenvalue weighted by atomic mass is 16.5. The number of hydrogen-bond acceptors (Lipinski definition) is 5. The number of carbonyl (C=O) groups is 3. The molecule has 8 nitrogen and oxygen atoms in total. The average molecular weight is 433 g/mol. The van der Waals surface area contributed by atoms with Gasteiger partial charge in [-0.2, -0.15) is 0 Å². The Hall–Kier alpha value is -2.35. The number of carbonyl (C=O) groups excluding carboxylic acids is 3. The summed E-state index contributed by atoms with van der Waals surface area (Å²) in [5.74, 6) is -0.788. The Kier molecular flexibility index (Phi) is 8.12. The molecule has 0 radical (unpaired) electrons. The van der Waals surface area contributed by atoms with Crippen molar-refractivity contribution in [2.24, 2.45) is 5.92 Å². The number of methoxy groups -OCH3 is 1. The Balaban J connectivity index is 1.55. The number of H-pyrrole nitrogens is 1. The van der Waals surface area contributed by atoms with Crippen LogP contribution in [0.25, 0.3) is 0 Å². The third kappa shape index (κ3) is 5.67. The van der Waals surface area contributed by atoms with Crippen LogP contribution in [0, 0.1) is 19.8 Å². The summed E-state index contributed by atoms with van der Waals surface area (Å²) in [5.41, 5.74) is 2.02. The van der Waals surface area contributed by atoms with Gasteiger partial charge in [-0.15, -0.1) is 0 Å². The molecule has 2 amide bonds. The maximum atomic E-state index is 13.1. The second-order valence-electron chi connectivity index (χ2n) is 8.75. The fourth-order valence-corrected chi connectivity index (χ4v) is 4.75. The molecule has 3 heterocycles. The predicted molar refractivity (Wildman–Crippen MR) is 118 cm³/mol. The molecule has 0 bridgehead atoms. The van der Waals surface area contributed by atoms with Gasteiger partial charge < -0.3 is 24.8 Å². The van der Waals surface area contributed by atoms with E-state index in [-0.39, 0.29) is 17.7 Å². The molecule has 1 aromatic rings. The monoisotopic (exact) mass is 432 g/mol. The Morgan fingerprint density at radius 3 is 2.45 bits per heavy atom. The van der Waals surface area contributed by atoms with E-state index in [1.807, 2.05) is 0 Å². The standard InChI is InChI=1S/C23H36N4O4/c1-16-19(23(30)31-3)17(2)25-20(16)22(29)27-13-8-9-18(15-27)21(28)24-10-14-26-11-6-4-5-7-12-26/h18,25H,4-15H2,1-3H3,(H,24,28)/t18-/m1/s1. The van der Waals surface area contributed by atoms with Gasteiger partial charge in [0.1, 0.15) is 5.69 Å². The molecule has 172 valence electrons. The van der Waals surface area contributed by atoms with Crippen LogP contribution in [0.4, 0.5) is 0 Å². The quantitative estimate of drug-likeness (QED) is 0.673. The normalized spacial score (nSPS) is 20.2. The molecule has 2 fully saturated rings. The lowest BCUT2D eigenvalue weighted by Gasteiger charge is -2.32. The second kappa shape index (κ2) is 10.8. The summed E-state index contributed by atoms with van der Waals surface area (Å²) in [6, 6.07) is 0. The molecular weight excluding hydrogens is 396 g/mol. The Labute approximate surface area is 184 Å². The third-order valence-electron chi connectivity index (χ3n) is 6.55. The molecule has 8 heteroatoms. The highest BCUT2D eigenvalue weighted by Gasteiger charge is 2.31. The molecule has 2 N–H and O–H groups in total. The number of rotatable bonds is 6. The zero-order valence-electron chi connectivity index (χ0n) is 19.1. The van der Waals surface area contributed by atoms with Crippen molar-refractivity contribution in [3.05, 3.63) is 22.5 Å². The first-order valence-electron chi connectivity index (χ1n) is 11.5. The lowest BCUT2D eigenvalue weighted by Crippen LogP contribution is -2.46. The minimum atomic E-state index is -0.453. The van der Waals surface area contributed by atoms with Crippen LogP contribution in [0.15, 0.2) is 0 Å². The van der Waals surface area contributed by atoms with E-state index in [0.29, 0.717) is 42.1 Å². The number of esters is 1. The number of likely N-dealkylation sites (tertiary alicyclic amines) is 2. The van der Waals surface area contributed by atoms with Crippen LogP contribution in [-0.2, 0) is 9.53 Å². The second-order valence-corrected chi connectivity index (χ2v) is 8.75. The average Bonchev–Trinajstić information content (AvgIpc) is 2.93. The number of aromatic amines is 1. The number of aromatic nitrogens is 1. The van der Waals surface area contributed by atoms with E-state index in [0.717, 1.165) is 32.5 Å². The van der Waals surface area contributed by atoms with Crippen molar-refractivity contribution in [2.75, 3.05) is 46.4 Å². The van der Waals surface area contributed by atoms with Crippen molar-refractivity contribution in [1.82, 2.24) is 20.1 Å². The maximum absolute atomic E-state index is 13.1. The molecular formula is C23H36N4O4. The number of aryl methyl sites for hydroxylation is 1. The van der Waals surface area contributed by atoms with Crippen LogP contribution >= 0.6 is 0 Å². The summed E-state index contributed by atoms with van der Waals surface area (Å²) >= 11 is 0. The van der Waals surface area contributed by atoms with Crippen LogP contribution < -0.4 is 5.32 Å². The van der Waals surface area contributed by atoms with Crippen molar-refractivity contribution >= 4 is 17.8 Å². The molecule has 2 aliphatic rings. The SMILES string of the molecule is COC(=O)c1c(C)[nH]c(C(=O)N2CCC[C@@H](C(=O)NCCN3CCCCCC3)C2)c1C. The fraction of sp³-hybridized carbons (Fsp3) is 0.696. The fourth-order valence-electron chi connectivity index (χ4n) is 4.75. The molecule has 0 unspecified atom stereocenters. The smallest absolute Gasteiger partial charge is 0.339 e. The highest BCUT2D eigenvalue weighted by Crippen LogP contribution is 2.23. The largest absolute Gasteiger partial charge is 0.465 e. The summed E-state index contributed by atoms with van der Waals surface area (Å²) in [5, 5.41) is 3.08. The first-order valence-corrected chi connectivity index (χ1v) is 11.5. The van der Waals surface area contributed by atoms with Gasteiger partial charge in [0.05, 0.1) is 18.6 Å². The predicted octanol–water partition coefficient (Wildman–Crippen LogP) is 2.26. The van der Waals surface area contributed by atoms with E-state index in [4.69, 9.17) is 4.74 Å². The zero-order chi connectivity index (χ0) is 22.4. The van der Waals surface area contributed by atoms with Crippen molar-refractivity contribution in [2.45, 2.75) is 52.4 Å². The molecule has 2 aliphatic heterocycles. The minimum absolute atomic E-state index is 0.0296. The maximum Gasteiger partial charge on any atom is 0.339 e. The Morgan fingerprint density at radius 2 is 1.77 bits per heavy atom. The molecule has 2 saturated heterocycles. The lowest BCUT2D eigenvalue weighted by molar-refractivity contribution is -0.126. The summed E-state index contributed by atoms with van der Waals surface area (Å²) in [7, 11) is 1.33. The number of amides is 2. The zero-order valence-corrected chi connectivity index (χ0v) is 19.1. The van der Waals surface area contributed by atoms with Gasteiger partial charge in [-0.25, -0.2) is 4.79 Å². The summed E-state index contributed by atoms with van der Waals surface area (Å²) in [4.78, 5) is 45.1. The van der Waals surface area contributed by atoms with E-state index in [1.165, 1.54) is 32.8 Å². The Morgan fingerprint density at radius 1 is 1.06 bits per heavy atom. The van der Waals surface area contributed by atoms with Crippen LogP contribution in [0.5, 0.6) is 0 Å². The third-order valence-corrected chi connectivity index (χ3v) is 6.55. The van der Waals surface area contributed by atoms with Gasteiger partial charge in [0, 0.05) is 31.9 Å². The lowest BCUT2D eigenvalue weighted by atomic mass is 9.96. The van der Waals surface area contributed by atoms with E-state index >= 15 is 0 Å². The van der Waals surface area contributed by atoms with Crippen LogP contribution in [0.1, 0.15) is 70.6 Å². The highest BCUT2D eigenvalue weighted by molar-refractivity contribution is 6.00. The summed E-state index contributed by atoms with van der Waals surface area (Å²) in [6.07, 6.45) is 6.66. The molecule has 1 aromatic heterocycles. The van der Waals surface area contributed by atoms with E-state index in [1.54, 1.807) is 18.7 Å². The van der Waals surface area contributed by atoms with E-state index in [2.05, 4.69) is 15.2 Å². The first-order chi connectivity index (χ1) is 14.9. The molecule has 31 heavy (non-hydrogen) atoms. The molecule has 0 aliphatic carbocycles. The number of nitrogens with one attached hydrogen (secondary N) is 2. The molecule has 3 rings (SSSR count). The van der Waals surface area contributed by atoms with Crippen LogP contribution in [0.2, 0.25) is 0 Å². The minimum Gasteiger partial charge on any atom is -0.465 e. The molecule has 0 spiro atoms. The van der Waals surface area contributed by atoms with Crippen molar-refractivity contribution in [3.63, 3.8) is 0 Å². The molecule has 1 atom stereocenters. The topological polar surface area (TPSA) is 94.7 Å². The molecule has 0 aromatic carbocycles. The van der Waals surface area contributed by atoms with Gasteiger partial charge in [-0.1, -0.05) is 12.8 Å². The summed E-state index contributed by atoms with van der Waals surface area (Å²) in [6.45, 7) is 8.29.